The van der Waals surface area contributed by atoms with Gasteiger partial charge in [-0.2, -0.15) is 0 Å². The zero-order valence-electron chi connectivity index (χ0n) is 14.5. The second kappa shape index (κ2) is 11.6. The summed E-state index contributed by atoms with van der Waals surface area (Å²) in [5.41, 5.74) is 0. The number of carboxylic acids is 1. The number of carbonyl (C=O) groups is 1. The van der Waals surface area contributed by atoms with Gasteiger partial charge in [-0.3, -0.25) is 4.79 Å². The van der Waals surface area contributed by atoms with Crippen molar-refractivity contribution in [2.75, 3.05) is 0 Å². The van der Waals surface area contributed by atoms with E-state index < -0.39 is 30.4 Å². The van der Waals surface area contributed by atoms with Crippen LogP contribution in [-0.4, -0.2) is 56.9 Å². The van der Waals surface area contributed by atoms with E-state index >= 15 is 0 Å². The van der Waals surface area contributed by atoms with Gasteiger partial charge in [-0.1, -0.05) is 44.8 Å². The third-order valence-electron chi connectivity index (χ3n) is 4.45. The molecule has 1 rings (SSSR count). The van der Waals surface area contributed by atoms with Crippen LogP contribution in [0.1, 0.15) is 64.7 Å². The standard InChI is InChI=1S/C18H32O6/c1-2-13(19)10-11-16-15(21)12-17(24-16)14(20)8-6-4-3-5-7-9-18(22)23/h10-11,13-17,19-21H,2-9,12H2,1H3,(H,22,23)/b11-10+/t13-,14-,15-,16-,17-/m0/s1. The largest absolute Gasteiger partial charge is 0.481 e. The first-order chi connectivity index (χ1) is 11.4. The molecule has 1 heterocycles. The van der Waals surface area contributed by atoms with E-state index in [1.165, 1.54) is 0 Å². The summed E-state index contributed by atoms with van der Waals surface area (Å²) in [7, 11) is 0. The Balaban J connectivity index is 2.18. The van der Waals surface area contributed by atoms with Crippen LogP contribution in [0, 0.1) is 0 Å². The van der Waals surface area contributed by atoms with Gasteiger partial charge in [0.2, 0.25) is 0 Å². The van der Waals surface area contributed by atoms with Crippen molar-refractivity contribution in [3.63, 3.8) is 0 Å². The number of rotatable bonds is 12. The normalized spacial score (nSPS) is 26.8. The van der Waals surface area contributed by atoms with Crippen molar-refractivity contribution in [2.45, 2.75) is 95.2 Å². The van der Waals surface area contributed by atoms with Crippen LogP contribution in [0.2, 0.25) is 0 Å². The molecule has 0 amide bonds. The van der Waals surface area contributed by atoms with Crippen molar-refractivity contribution in [2.24, 2.45) is 0 Å². The maximum Gasteiger partial charge on any atom is 0.303 e. The molecule has 0 aromatic heterocycles. The van der Waals surface area contributed by atoms with Gasteiger partial charge in [-0.05, 0) is 19.3 Å². The number of carboxylic acid groups (broad SMARTS) is 1. The fraction of sp³-hybridized carbons (Fsp3) is 0.833. The molecule has 1 aliphatic heterocycles. The van der Waals surface area contributed by atoms with Crippen LogP contribution in [-0.2, 0) is 9.53 Å². The monoisotopic (exact) mass is 344 g/mol. The van der Waals surface area contributed by atoms with Gasteiger partial charge >= 0.3 is 5.97 Å². The molecule has 4 N–H and O–H groups in total. The molecule has 6 nitrogen and oxygen atoms in total. The molecule has 0 radical (unpaired) electrons. The van der Waals surface area contributed by atoms with Crippen LogP contribution in [0.15, 0.2) is 12.2 Å². The minimum absolute atomic E-state index is 0.220. The molecule has 1 fully saturated rings. The molecule has 0 spiro atoms. The molecule has 24 heavy (non-hydrogen) atoms. The Morgan fingerprint density at radius 3 is 2.54 bits per heavy atom. The van der Waals surface area contributed by atoms with E-state index in [0.29, 0.717) is 25.7 Å². The Hall–Kier alpha value is -0.950. The highest BCUT2D eigenvalue weighted by molar-refractivity contribution is 5.66. The number of hydrogen-bond donors (Lipinski definition) is 4. The summed E-state index contributed by atoms with van der Waals surface area (Å²) in [6.45, 7) is 1.87. The number of ether oxygens (including phenoxy) is 1. The summed E-state index contributed by atoms with van der Waals surface area (Å²) in [6.07, 6.45) is 6.89. The third-order valence-corrected chi connectivity index (χ3v) is 4.45. The van der Waals surface area contributed by atoms with Crippen LogP contribution < -0.4 is 0 Å². The summed E-state index contributed by atoms with van der Waals surface area (Å²) in [5.74, 6) is -0.752. The number of aliphatic carboxylic acids is 1. The highest BCUT2D eigenvalue weighted by atomic mass is 16.5. The number of unbranched alkanes of at least 4 members (excludes halogenated alkanes) is 4. The van der Waals surface area contributed by atoms with E-state index in [-0.39, 0.29) is 12.5 Å². The van der Waals surface area contributed by atoms with Gasteiger partial charge in [-0.25, -0.2) is 0 Å². The lowest BCUT2D eigenvalue weighted by molar-refractivity contribution is -0.137. The smallest absolute Gasteiger partial charge is 0.303 e. The average molecular weight is 344 g/mol. The highest BCUT2D eigenvalue weighted by Gasteiger charge is 2.36. The Labute approximate surface area is 144 Å². The molecule has 0 aromatic rings. The van der Waals surface area contributed by atoms with E-state index in [2.05, 4.69) is 0 Å². The van der Waals surface area contributed by atoms with Gasteiger partial charge in [0.1, 0.15) is 6.10 Å². The van der Waals surface area contributed by atoms with E-state index in [1.54, 1.807) is 12.2 Å². The number of aliphatic hydroxyl groups excluding tert-OH is 3. The van der Waals surface area contributed by atoms with Gasteiger partial charge in [0, 0.05) is 12.8 Å². The Morgan fingerprint density at radius 1 is 1.21 bits per heavy atom. The van der Waals surface area contributed by atoms with Crippen LogP contribution in [0.5, 0.6) is 0 Å². The first-order valence-corrected chi connectivity index (χ1v) is 9.03. The average Bonchev–Trinajstić information content (AvgIpc) is 2.92. The van der Waals surface area contributed by atoms with E-state index in [4.69, 9.17) is 9.84 Å². The van der Waals surface area contributed by atoms with E-state index in [0.717, 1.165) is 25.7 Å². The molecule has 0 saturated carbocycles. The minimum atomic E-state index is -0.752. The van der Waals surface area contributed by atoms with E-state index in [9.17, 15) is 20.1 Å². The zero-order chi connectivity index (χ0) is 17.9. The summed E-state index contributed by atoms with van der Waals surface area (Å²) in [6, 6.07) is 0. The third kappa shape index (κ3) is 8.24. The Morgan fingerprint density at radius 2 is 1.88 bits per heavy atom. The molecule has 0 aliphatic carbocycles. The molecular formula is C18H32O6. The first-order valence-electron chi connectivity index (χ1n) is 9.03. The molecule has 0 bridgehead atoms. The fourth-order valence-electron chi connectivity index (χ4n) is 2.86. The second-order valence-corrected chi connectivity index (χ2v) is 6.57. The summed E-state index contributed by atoms with van der Waals surface area (Å²) >= 11 is 0. The van der Waals surface area contributed by atoms with Gasteiger partial charge < -0.3 is 25.2 Å². The summed E-state index contributed by atoms with van der Waals surface area (Å²) in [4.78, 5) is 10.4. The SMILES string of the molecule is CC[C@H](O)/C=C/[C@@H]1O[C@H]([C@@H](O)CCCCCCCC(=O)O)C[C@@H]1O. The van der Waals surface area contributed by atoms with Crippen molar-refractivity contribution in [1.29, 1.82) is 0 Å². The van der Waals surface area contributed by atoms with E-state index in [1.807, 2.05) is 6.92 Å². The molecule has 0 aromatic carbocycles. The van der Waals surface area contributed by atoms with Gasteiger partial charge in [0.15, 0.2) is 0 Å². The van der Waals surface area contributed by atoms with Crippen molar-refractivity contribution in [1.82, 2.24) is 0 Å². The van der Waals surface area contributed by atoms with Gasteiger partial charge in [0.25, 0.3) is 0 Å². The van der Waals surface area contributed by atoms with Crippen LogP contribution >= 0.6 is 0 Å². The minimum Gasteiger partial charge on any atom is -0.481 e. The van der Waals surface area contributed by atoms with Gasteiger partial charge in [-0.15, -0.1) is 0 Å². The van der Waals surface area contributed by atoms with Crippen molar-refractivity contribution < 1.29 is 30.0 Å². The topological polar surface area (TPSA) is 107 Å². The lowest BCUT2D eigenvalue weighted by atomic mass is 10.0. The van der Waals surface area contributed by atoms with Crippen LogP contribution in [0.3, 0.4) is 0 Å². The molecule has 0 unspecified atom stereocenters. The maximum absolute atomic E-state index is 10.4. The van der Waals surface area contributed by atoms with Crippen LogP contribution in [0.25, 0.3) is 0 Å². The Kier molecular flexibility index (Phi) is 10.2. The second-order valence-electron chi connectivity index (χ2n) is 6.57. The molecule has 1 saturated heterocycles. The number of aliphatic hydroxyl groups is 3. The highest BCUT2D eigenvalue weighted by Crippen LogP contribution is 2.26. The Bertz CT molecular complexity index is 384. The first kappa shape index (κ1) is 21.1. The fourth-order valence-corrected chi connectivity index (χ4v) is 2.86. The molecule has 1 aliphatic rings. The van der Waals surface area contributed by atoms with Crippen molar-refractivity contribution >= 4 is 5.97 Å². The summed E-state index contributed by atoms with van der Waals surface area (Å²) in [5, 5.41) is 38.2. The quantitative estimate of drug-likeness (QED) is 0.319. The van der Waals surface area contributed by atoms with Gasteiger partial charge in [0.05, 0.1) is 24.4 Å². The molecule has 140 valence electrons. The van der Waals surface area contributed by atoms with Crippen LogP contribution in [0.4, 0.5) is 0 Å². The van der Waals surface area contributed by atoms with Crippen molar-refractivity contribution in [3.8, 4) is 0 Å². The van der Waals surface area contributed by atoms with Crippen molar-refractivity contribution in [3.05, 3.63) is 12.2 Å². The number of hydrogen-bond acceptors (Lipinski definition) is 5. The molecular weight excluding hydrogens is 312 g/mol. The lowest BCUT2D eigenvalue weighted by Gasteiger charge is -2.18. The molecule has 6 heteroatoms. The predicted molar refractivity (Wildman–Crippen MR) is 90.7 cm³/mol. The lowest BCUT2D eigenvalue weighted by Crippen LogP contribution is -2.26. The summed E-state index contributed by atoms with van der Waals surface area (Å²) < 4.78 is 5.69. The molecule has 5 atom stereocenters. The maximum atomic E-state index is 10.4. The zero-order valence-corrected chi connectivity index (χ0v) is 14.5. The predicted octanol–water partition coefficient (Wildman–Crippen LogP) is 2.01.